The molecule has 1 atom stereocenters. The first-order chi connectivity index (χ1) is 16.5. The molecule has 0 aliphatic heterocycles. The maximum absolute atomic E-state index is 2.59. The van der Waals surface area contributed by atoms with Gasteiger partial charge in [-0.25, -0.2) is 0 Å². The topological polar surface area (TPSA) is 3.24 Å². The fraction of sp³-hybridized carbons (Fsp3) is 0.333. The molecule has 0 heterocycles. The van der Waals surface area contributed by atoms with Gasteiger partial charge >= 0.3 is 0 Å². The molecule has 0 radical (unpaired) electrons. The molecular weight excluding hydrogens is 438 g/mol. The maximum Gasteiger partial charge on any atom is 0.176 e. The molecule has 0 aromatic heterocycles. The number of allylic oxidation sites excluding steroid dienone is 4. The van der Waals surface area contributed by atoms with E-state index in [9.17, 15) is 0 Å². The van der Waals surface area contributed by atoms with Crippen molar-refractivity contribution >= 4 is 29.3 Å². The number of hydrogen-bond acceptors (Lipinski definition) is 1. The van der Waals surface area contributed by atoms with Crippen molar-refractivity contribution in [3.8, 4) is 0 Å². The van der Waals surface area contributed by atoms with Gasteiger partial charge in [-0.1, -0.05) is 94.1 Å². The predicted molar refractivity (Wildman–Crippen MR) is 157 cm³/mol. The lowest BCUT2D eigenvalue weighted by molar-refractivity contribution is 0.851. The van der Waals surface area contributed by atoms with Crippen molar-refractivity contribution in [1.82, 2.24) is 0 Å². The van der Waals surface area contributed by atoms with Crippen LogP contribution in [0.1, 0.15) is 49.9 Å². The first kappa shape index (κ1) is 25.3. The summed E-state index contributed by atoms with van der Waals surface area (Å²) in [7, 11) is 1.70. The van der Waals surface area contributed by atoms with Gasteiger partial charge in [0, 0.05) is 19.8 Å². The van der Waals surface area contributed by atoms with Crippen LogP contribution < -0.4 is 20.5 Å². The van der Waals surface area contributed by atoms with Crippen molar-refractivity contribution in [2.24, 2.45) is 5.92 Å². The van der Waals surface area contributed by atoms with Crippen LogP contribution in [0, 0.1) is 33.6 Å². The van der Waals surface area contributed by atoms with E-state index in [1.54, 1.807) is 5.20 Å². The Hall–Kier alpha value is -2.84. The second kappa shape index (κ2) is 9.31. The molecule has 182 valence electrons. The number of rotatable bonds is 5. The summed E-state index contributed by atoms with van der Waals surface area (Å²) in [5.74, 6) is 0.423. The first-order valence-corrected chi connectivity index (χ1v) is 14.8. The summed E-state index contributed by atoms with van der Waals surface area (Å²) in [4.78, 5) is 2.24. The van der Waals surface area contributed by atoms with E-state index < -0.39 is 8.07 Å². The van der Waals surface area contributed by atoms with Gasteiger partial charge in [-0.05, 0) is 87.7 Å². The minimum absolute atomic E-state index is 0.423. The lowest BCUT2D eigenvalue weighted by atomic mass is 10.1. The summed E-state index contributed by atoms with van der Waals surface area (Å²) in [5.41, 5.74) is 11.1. The van der Waals surface area contributed by atoms with E-state index in [-0.39, 0.29) is 0 Å². The van der Waals surface area contributed by atoms with Crippen molar-refractivity contribution in [2.75, 3.05) is 19.0 Å². The Morgan fingerprint density at radius 2 is 1.09 bits per heavy atom. The lowest BCUT2D eigenvalue weighted by Crippen LogP contribution is -2.70. The average molecular weight is 480 g/mol. The van der Waals surface area contributed by atoms with E-state index in [1.807, 2.05) is 0 Å². The van der Waals surface area contributed by atoms with Gasteiger partial charge in [0.05, 0.1) is 0 Å². The summed E-state index contributed by atoms with van der Waals surface area (Å²) in [5, 5.41) is 6.13. The largest absolute Gasteiger partial charge is 0.378 e. The van der Waals surface area contributed by atoms with E-state index >= 15 is 0 Å². The van der Waals surface area contributed by atoms with Crippen LogP contribution in [0.2, 0.25) is 0 Å². The standard InChI is InChI=1S/C33H41NSi/c1-21-14-22(2)17-31(16-21)35(32-18-23(3)15-24(4)19-32,30-13-11-12-29(20-30)34(9)10)33-27(7)25(5)26(6)28(33)8/h11-20,27H,1-10H3. The summed E-state index contributed by atoms with van der Waals surface area (Å²) in [6.45, 7) is 18.5. The molecule has 1 unspecified atom stereocenters. The number of benzene rings is 3. The highest BCUT2D eigenvalue weighted by atomic mass is 28.3. The third kappa shape index (κ3) is 4.23. The average Bonchev–Trinajstić information content (AvgIpc) is 2.97. The maximum atomic E-state index is 2.48. The van der Waals surface area contributed by atoms with E-state index in [0.29, 0.717) is 5.92 Å². The van der Waals surface area contributed by atoms with E-state index in [2.05, 4.69) is 135 Å². The van der Waals surface area contributed by atoms with Gasteiger partial charge in [0.25, 0.3) is 0 Å². The molecule has 1 nitrogen and oxygen atoms in total. The highest BCUT2D eigenvalue weighted by Crippen LogP contribution is 2.41. The van der Waals surface area contributed by atoms with Crippen LogP contribution >= 0.6 is 0 Å². The second-order valence-electron chi connectivity index (χ2n) is 11.0. The zero-order valence-electron chi connectivity index (χ0n) is 23.3. The molecule has 35 heavy (non-hydrogen) atoms. The highest BCUT2D eigenvalue weighted by Gasteiger charge is 2.48. The Kier molecular flexibility index (Phi) is 6.72. The van der Waals surface area contributed by atoms with Crippen molar-refractivity contribution in [3.63, 3.8) is 0 Å². The summed E-state index contributed by atoms with van der Waals surface area (Å²) in [6, 6.07) is 23.9. The van der Waals surface area contributed by atoms with Crippen LogP contribution in [0.15, 0.2) is 82.6 Å². The summed E-state index contributed by atoms with van der Waals surface area (Å²) >= 11 is 0. The lowest BCUT2D eigenvalue weighted by Gasteiger charge is -2.39. The van der Waals surface area contributed by atoms with Crippen LogP contribution in [0.3, 0.4) is 0 Å². The molecular formula is C33H41NSi. The quantitative estimate of drug-likeness (QED) is 0.307. The SMILES string of the molecule is CC1=C(C)C(C)C([Si](c2cc(C)cc(C)c2)(c2cc(C)cc(C)c2)c2cccc(N(C)C)c2)=C1C. The Bertz CT molecular complexity index is 1260. The van der Waals surface area contributed by atoms with Gasteiger partial charge in [0.2, 0.25) is 0 Å². The van der Waals surface area contributed by atoms with Crippen LogP contribution in [0.5, 0.6) is 0 Å². The number of hydrogen-bond donors (Lipinski definition) is 0. The van der Waals surface area contributed by atoms with Gasteiger partial charge in [-0.15, -0.1) is 0 Å². The molecule has 0 saturated heterocycles. The fourth-order valence-corrected chi connectivity index (χ4v) is 12.4. The predicted octanol–water partition coefficient (Wildman–Crippen LogP) is 6.30. The third-order valence-electron chi connectivity index (χ3n) is 8.15. The zero-order valence-corrected chi connectivity index (χ0v) is 24.3. The Balaban J connectivity index is 2.26. The molecule has 4 rings (SSSR count). The molecule has 3 aromatic carbocycles. The van der Waals surface area contributed by atoms with Crippen LogP contribution in [-0.4, -0.2) is 22.2 Å². The van der Waals surface area contributed by atoms with Gasteiger partial charge in [0.15, 0.2) is 8.07 Å². The molecule has 0 amide bonds. The van der Waals surface area contributed by atoms with Crippen LogP contribution in [0.4, 0.5) is 5.69 Å². The smallest absolute Gasteiger partial charge is 0.176 e. The Morgan fingerprint density at radius 3 is 1.49 bits per heavy atom. The zero-order chi connectivity index (χ0) is 25.7. The third-order valence-corrected chi connectivity index (χ3v) is 13.3. The van der Waals surface area contributed by atoms with Crippen molar-refractivity contribution in [1.29, 1.82) is 0 Å². The molecule has 0 N–H and O–H groups in total. The van der Waals surface area contributed by atoms with Gasteiger partial charge in [0.1, 0.15) is 0 Å². The van der Waals surface area contributed by atoms with E-state index in [4.69, 9.17) is 0 Å². The number of nitrogens with zero attached hydrogens (tertiary/aromatic N) is 1. The van der Waals surface area contributed by atoms with E-state index in [1.165, 1.54) is 60.2 Å². The molecule has 0 bridgehead atoms. The summed E-state index contributed by atoms with van der Waals surface area (Å²) < 4.78 is 0. The fourth-order valence-electron chi connectivity index (χ4n) is 6.34. The van der Waals surface area contributed by atoms with Gasteiger partial charge in [-0.3, -0.25) is 0 Å². The number of aryl methyl sites for hydroxylation is 4. The molecule has 1 aliphatic carbocycles. The number of anilines is 1. The van der Waals surface area contributed by atoms with E-state index in [0.717, 1.165) is 0 Å². The normalized spacial score (nSPS) is 16.3. The summed E-state index contributed by atoms with van der Waals surface area (Å²) in [6.07, 6.45) is 0. The van der Waals surface area contributed by atoms with Gasteiger partial charge in [-0.2, -0.15) is 0 Å². The first-order valence-electron chi connectivity index (χ1n) is 12.8. The van der Waals surface area contributed by atoms with Crippen LogP contribution in [0.25, 0.3) is 0 Å². The molecule has 2 heteroatoms. The monoisotopic (exact) mass is 479 g/mol. The highest BCUT2D eigenvalue weighted by molar-refractivity contribution is 7.16. The minimum atomic E-state index is -2.59. The molecule has 1 aliphatic rings. The van der Waals surface area contributed by atoms with Crippen molar-refractivity contribution in [3.05, 3.63) is 105 Å². The molecule has 3 aromatic rings. The Labute approximate surface area is 214 Å². The Morgan fingerprint density at radius 1 is 0.600 bits per heavy atom. The minimum Gasteiger partial charge on any atom is -0.378 e. The van der Waals surface area contributed by atoms with Crippen molar-refractivity contribution < 1.29 is 0 Å². The molecule has 0 saturated carbocycles. The van der Waals surface area contributed by atoms with Gasteiger partial charge < -0.3 is 4.90 Å². The van der Waals surface area contributed by atoms with Crippen molar-refractivity contribution in [2.45, 2.75) is 55.4 Å². The molecule has 0 spiro atoms. The second-order valence-corrected chi connectivity index (χ2v) is 14.8. The van der Waals surface area contributed by atoms with Crippen LogP contribution in [-0.2, 0) is 0 Å². The molecule has 0 fully saturated rings.